The van der Waals surface area contributed by atoms with Crippen LogP contribution < -0.4 is 0 Å². The van der Waals surface area contributed by atoms with Gasteiger partial charge in [-0.15, -0.1) is 0 Å². The Morgan fingerprint density at radius 2 is 1.92 bits per heavy atom. The summed E-state index contributed by atoms with van der Waals surface area (Å²) in [6.07, 6.45) is 2.67. The number of carbonyl (C=O) groups excluding carboxylic acids is 1. The first kappa shape index (κ1) is 11.5. The van der Waals surface area contributed by atoms with Gasteiger partial charge in [0, 0.05) is 6.42 Å². The van der Waals surface area contributed by atoms with Gasteiger partial charge in [-0.25, -0.2) is 0 Å². The third-order valence-electron chi connectivity index (χ3n) is 1.91. The van der Waals surface area contributed by atoms with Gasteiger partial charge in [-0.1, -0.05) is 20.3 Å². The first-order chi connectivity index (χ1) is 5.56. The molecular formula is C10H20O2. The Morgan fingerprint density at radius 3 is 2.33 bits per heavy atom. The first-order valence-corrected chi connectivity index (χ1v) is 4.75. The number of rotatable bonds is 5. The van der Waals surface area contributed by atoms with Crippen LogP contribution in [0.15, 0.2) is 0 Å². The van der Waals surface area contributed by atoms with E-state index < -0.39 is 0 Å². The van der Waals surface area contributed by atoms with Gasteiger partial charge in [0.1, 0.15) is 0 Å². The molecule has 0 aliphatic heterocycles. The topological polar surface area (TPSA) is 26.3 Å². The van der Waals surface area contributed by atoms with Crippen molar-refractivity contribution in [3.63, 3.8) is 0 Å². The van der Waals surface area contributed by atoms with E-state index in [1.807, 2.05) is 13.8 Å². The van der Waals surface area contributed by atoms with E-state index in [0.29, 0.717) is 12.3 Å². The summed E-state index contributed by atoms with van der Waals surface area (Å²) in [5, 5.41) is 0. The minimum absolute atomic E-state index is 0.0226. The van der Waals surface area contributed by atoms with Crippen molar-refractivity contribution < 1.29 is 9.53 Å². The molecule has 0 aromatic heterocycles. The molecule has 0 spiro atoms. The molecule has 0 N–H and O–H groups in total. The predicted octanol–water partition coefficient (Wildman–Crippen LogP) is 2.76. The van der Waals surface area contributed by atoms with E-state index in [9.17, 15) is 4.79 Å². The molecule has 0 rings (SSSR count). The summed E-state index contributed by atoms with van der Waals surface area (Å²) >= 11 is 0. The van der Waals surface area contributed by atoms with Gasteiger partial charge in [0.15, 0.2) is 0 Å². The van der Waals surface area contributed by atoms with Crippen molar-refractivity contribution in [2.24, 2.45) is 5.92 Å². The fraction of sp³-hybridized carbons (Fsp3) is 0.900. The second kappa shape index (κ2) is 6.04. The standard InChI is InChI=1S/C10H20O2/c1-5-9(4)6-7-10(11)12-8(2)3/h8-9H,5-7H2,1-4H3/t9-/m0/s1. The van der Waals surface area contributed by atoms with Crippen molar-refractivity contribution in [1.29, 1.82) is 0 Å². The predicted molar refractivity (Wildman–Crippen MR) is 49.9 cm³/mol. The summed E-state index contributed by atoms with van der Waals surface area (Å²) in [6.45, 7) is 8.05. The molecule has 0 saturated carbocycles. The van der Waals surface area contributed by atoms with Crippen molar-refractivity contribution >= 4 is 5.97 Å². The molecule has 2 nitrogen and oxygen atoms in total. The molecule has 2 heteroatoms. The molecule has 0 radical (unpaired) electrons. The van der Waals surface area contributed by atoms with E-state index in [1.54, 1.807) is 0 Å². The van der Waals surface area contributed by atoms with Gasteiger partial charge in [0.25, 0.3) is 0 Å². The molecular weight excluding hydrogens is 152 g/mol. The van der Waals surface area contributed by atoms with Crippen LogP contribution in [0.1, 0.15) is 47.0 Å². The molecule has 0 aliphatic carbocycles. The van der Waals surface area contributed by atoms with Crippen molar-refractivity contribution in [2.75, 3.05) is 0 Å². The van der Waals surface area contributed by atoms with E-state index >= 15 is 0 Å². The smallest absolute Gasteiger partial charge is 0.306 e. The van der Waals surface area contributed by atoms with Gasteiger partial charge < -0.3 is 4.74 Å². The summed E-state index contributed by atoms with van der Waals surface area (Å²) in [5.74, 6) is 0.565. The SMILES string of the molecule is CC[C@H](C)CCC(=O)OC(C)C. The zero-order chi connectivity index (χ0) is 9.56. The Bertz CT molecular complexity index is 130. The summed E-state index contributed by atoms with van der Waals surface area (Å²) in [5.41, 5.74) is 0. The fourth-order valence-electron chi connectivity index (χ4n) is 0.890. The Kier molecular flexibility index (Phi) is 5.77. The minimum atomic E-state index is -0.0645. The third kappa shape index (κ3) is 6.20. The highest BCUT2D eigenvalue weighted by molar-refractivity contribution is 5.69. The lowest BCUT2D eigenvalue weighted by Crippen LogP contribution is -2.12. The third-order valence-corrected chi connectivity index (χ3v) is 1.91. The van der Waals surface area contributed by atoms with Gasteiger partial charge in [-0.05, 0) is 26.2 Å². The minimum Gasteiger partial charge on any atom is -0.463 e. The Balaban J connectivity index is 3.44. The van der Waals surface area contributed by atoms with Gasteiger partial charge >= 0.3 is 5.97 Å². The highest BCUT2D eigenvalue weighted by Crippen LogP contribution is 2.10. The van der Waals surface area contributed by atoms with Crippen LogP contribution in [-0.2, 0) is 9.53 Å². The maximum atomic E-state index is 11.1. The Morgan fingerprint density at radius 1 is 1.33 bits per heavy atom. The second-order valence-corrected chi connectivity index (χ2v) is 3.59. The number of hydrogen-bond acceptors (Lipinski definition) is 2. The van der Waals surface area contributed by atoms with Crippen LogP contribution in [0.5, 0.6) is 0 Å². The molecule has 72 valence electrons. The number of esters is 1. The molecule has 0 aromatic carbocycles. The van der Waals surface area contributed by atoms with Crippen LogP contribution >= 0.6 is 0 Å². The van der Waals surface area contributed by atoms with Crippen molar-refractivity contribution in [3.05, 3.63) is 0 Å². The average Bonchev–Trinajstić information content (AvgIpc) is 1.99. The van der Waals surface area contributed by atoms with Crippen LogP contribution in [0.25, 0.3) is 0 Å². The van der Waals surface area contributed by atoms with E-state index in [4.69, 9.17) is 4.74 Å². The van der Waals surface area contributed by atoms with Crippen LogP contribution in [-0.4, -0.2) is 12.1 Å². The lowest BCUT2D eigenvalue weighted by molar-refractivity contribution is -0.147. The quantitative estimate of drug-likeness (QED) is 0.596. The Hall–Kier alpha value is -0.530. The molecule has 0 bridgehead atoms. The van der Waals surface area contributed by atoms with Crippen LogP contribution in [0.4, 0.5) is 0 Å². The van der Waals surface area contributed by atoms with E-state index in [-0.39, 0.29) is 12.1 Å². The van der Waals surface area contributed by atoms with Gasteiger partial charge in [-0.2, -0.15) is 0 Å². The average molecular weight is 172 g/mol. The lowest BCUT2D eigenvalue weighted by atomic mass is 10.0. The van der Waals surface area contributed by atoms with Crippen molar-refractivity contribution in [3.8, 4) is 0 Å². The molecule has 0 amide bonds. The molecule has 0 saturated heterocycles. The normalized spacial score (nSPS) is 13.1. The highest BCUT2D eigenvalue weighted by Gasteiger charge is 2.07. The first-order valence-electron chi connectivity index (χ1n) is 4.75. The van der Waals surface area contributed by atoms with Crippen LogP contribution in [0, 0.1) is 5.92 Å². The van der Waals surface area contributed by atoms with Crippen LogP contribution in [0.3, 0.4) is 0 Å². The molecule has 12 heavy (non-hydrogen) atoms. The van der Waals surface area contributed by atoms with Crippen molar-refractivity contribution in [1.82, 2.24) is 0 Å². The van der Waals surface area contributed by atoms with Gasteiger partial charge in [0.05, 0.1) is 6.10 Å². The van der Waals surface area contributed by atoms with Crippen LogP contribution in [0.2, 0.25) is 0 Å². The molecule has 0 aromatic rings. The highest BCUT2D eigenvalue weighted by atomic mass is 16.5. The zero-order valence-corrected chi connectivity index (χ0v) is 8.59. The molecule has 0 unspecified atom stereocenters. The van der Waals surface area contributed by atoms with Gasteiger partial charge in [0.2, 0.25) is 0 Å². The second-order valence-electron chi connectivity index (χ2n) is 3.59. The largest absolute Gasteiger partial charge is 0.463 e. The summed E-state index contributed by atoms with van der Waals surface area (Å²) in [6, 6.07) is 0. The molecule has 0 heterocycles. The number of carbonyl (C=O) groups is 1. The summed E-state index contributed by atoms with van der Waals surface area (Å²) in [4.78, 5) is 11.1. The molecule has 1 atom stereocenters. The van der Waals surface area contributed by atoms with E-state index in [0.717, 1.165) is 12.8 Å². The van der Waals surface area contributed by atoms with Crippen molar-refractivity contribution in [2.45, 2.75) is 53.1 Å². The fourth-order valence-corrected chi connectivity index (χ4v) is 0.890. The number of ether oxygens (including phenoxy) is 1. The maximum absolute atomic E-state index is 11.1. The zero-order valence-electron chi connectivity index (χ0n) is 8.59. The van der Waals surface area contributed by atoms with E-state index in [2.05, 4.69) is 13.8 Å². The molecule has 0 aliphatic rings. The van der Waals surface area contributed by atoms with Gasteiger partial charge in [-0.3, -0.25) is 4.79 Å². The monoisotopic (exact) mass is 172 g/mol. The van der Waals surface area contributed by atoms with E-state index in [1.165, 1.54) is 0 Å². The lowest BCUT2D eigenvalue weighted by Gasteiger charge is -2.09. The molecule has 0 fully saturated rings. The number of hydrogen-bond donors (Lipinski definition) is 0. The maximum Gasteiger partial charge on any atom is 0.306 e. The summed E-state index contributed by atoms with van der Waals surface area (Å²) in [7, 11) is 0. The Labute approximate surface area is 75.3 Å². The summed E-state index contributed by atoms with van der Waals surface area (Å²) < 4.78 is 5.01.